The molecule has 0 saturated heterocycles. The van der Waals surface area contributed by atoms with Crippen LogP contribution in [0, 0.1) is 6.92 Å². The van der Waals surface area contributed by atoms with E-state index in [1.165, 1.54) is 7.11 Å². The van der Waals surface area contributed by atoms with Gasteiger partial charge < -0.3 is 9.30 Å². The lowest BCUT2D eigenvalue weighted by atomic mass is 10.0. The molecule has 0 amide bonds. The third kappa shape index (κ3) is 2.40. The molecule has 3 rings (SSSR count). The van der Waals surface area contributed by atoms with Crippen molar-refractivity contribution in [3.63, 3.8) is 0 Å². The number of esters is 1. The average Bonchev–Trinajstić information content (AvgIpc) is 3.11. The molecule has 126 valence electrons. The van der Waals surface area contributed by atoms with Crippen molar-refractivity contribution in [2.45, 2.75) is 33.2 Å². The molecule has 2 heterocycles. The van der Waals surface area contributed by atoms with Gasteiger partial charge in [-0.3, -0.25) is 4.68 Å². The summed E-state index contributed by atoms with van der Waals surface area (Å²) in [5.74, 6) is -0.305. The number of fused-ring (bicyclic) bond motifs is 1. The summed E-state index contributed by atoms with van der Waals surface area (Å²) in [6.45, 7) is 8.29. The Morgan fingerprint density at radius 1 is 1.25 bits per heavy atom. The van der Waals surface area contributed by atoms with E-state index in [0.717, 1.165) is 27.7 Å². The topological polar surface area (TPSA) is 49.1 Å². The Bertz CT molecular complexity index is 926. The van der Waals surface area contributed by atoms with Crippen LogP contribution in [0.3, 0.4) is 0 Å². The van der Waals surface area contributed by atoms with Gasteiger partial charge in [0, 0.05) is 35.5 Å². The van der Waals surface area contributed by atoms with Gasteiger partial charge in [0.25, 0.3) is 0 Å². The van der Waals surface area contributed by atoms with E-state index in [4.69, 9.17) is 4.74 Å². The second kappa shape index (κ2) is 5.51. The largest absolute Gasteiger partial charge is 0.465 e. The fourth-order valence-electron chi connectivity index (χ4n) is 3.06. The van der Waals surface area contributed by atoms with Crippen LogP contribution >= 0.6 is 0 Å². The molecular weight excluding hydrogens is 302 g/mol. The minimum atomic E-state index is -0.305. The predicted octanol–water partition coefficient (Wildman–Crippen LogP) is 3.89. The Hall–Kier alpha value is -2.56. The van der Waals surface area contributed by atoms with Crippen LogP contribution in [0.5, 0.6) is 0 Å². The number of carbonyl (C=O) groups excluding carboxylic acids is 1. The molecule has 5 heteroatoms. The molecule has 3 aromatic rings. The van der Waals surface area contributed by atoms with E-state index in [0.29, 0.717) is 5.56 Å². The summed E-state index contributed by atoms with van der Waals surface area (Å²) in [7, 11) is 3.39. The lowest BCUT2D eigenvalue weighted by Crippen LogP contribution is -2.21. The zero-order valence-electron chi connectivity index (χ0n) is 15.0. The predicted molar refractivity (Wildman–Crippen MR) is 95.2 cm³/mol. The molecule has 24 heavy (non-hydrogen) atoms. The van der Waals surface area contributed by atoms with Crippen molar-refractivity contribution in [2.75, 3.05) is 7.11 Å². The van der Waals surface area contributed by atoms with E-state index in [1.54, 1.807) is 0 Å². The smallest absolute Gasteiger partial charge is 0.340 e. The molecule has 5 nitrogen and oxygen atoms in total. The molecule has 0 atom stereocenters. The molecule has 0 aliphatic heterocycles. The molecule has 0 unspecified atom stereocenters. The number of aryl methyl sites for hydroxylation is 1. The maximum atomic E-state index is 12.2. The molecule has 0 radical (unpaired) electrons. The molecule has 0 bridgehead atoms. The minimum absolute atomic E-state index is 0.0759. The van der Waals surface area contributed by atoms with Gasteiger partial charge in [0.05, 0.1) is 29.9 Å². The molecule has 2 aromatic heterocycles. The van der Waals surface area contributed by atoms with Crippen LogP contribution in [-0.2, 0) is 17.3 Å². The van der Waals surface area contributed by atoms with Crippen LogP contribution in [0.15, 0.2) is 30.6 Å². The molecule has 0 aliphatic carbocycles. The van der Waals surface area contributed by atoms with Crippen molar-refractivity contribution in [3.8, 4) is 11.1 Å². The summed E-state index contributed by atoms with van der Waals surface area (Å²) in [6.07, 6.45) is 3.93. The number of carbonyl (C=O) groups is 1. The van der Waals surface area contributed by atoms with Gasteiger partial charge in [0.1, 0.15) is 0 Å². The SMILES string of the molecule is COC(=O)c1c(C)n(C)c2c(-c3cnn(C(C)(C)C)c3)cccc12. The minimum Gasteiger partial charge on any atom is -0.465 e. The Morgan fingerprint density at radius 2 is 1.96 bits per heavy atom. The Morgan fingerprint density at radius 3 is 2.54 bits per heavy atom. The van der Waals surface area contributed by atoms with Crippen molar-refractivity contribution in [2.24, 2.45) is 7.05 Å². The highest BCUT2D eigenvalue weighted by Gasteiger charge is 2.22. The van der Waals surface area contributed by atoms with Crippen molar-refractivity contribution in [1.82, 2.24) is 14.3 Å². The molecule has 0 spiro atoms. The van der Waals surface area contributed by atoms with Crippen LogP contribution in [0.4, 0.5) is 0 Å². The van der Waals surface area contributed by atoms with E-state index in [2.05, 4.69) is 38.1 Å². The van der Waals surface area contributed by atoms with Crippen LogP contribution in [0.25, 0.3) is 22.0 Å². The van der Waals surface area contributed by atoms with Crippen molar-refractivity contribution in [1.29, 1.82) is 0 Å². The zero-order valence-corrected chi connectivity index (χ0v) is 15.0. The highest BCUT2D eigenvalue weighted by atomic mass is 16.5. The monoisotopic (exact) mass is 325 g/mol. The first kappa shape index (κ1) is 16.3. The number of rotatable bonds is 2. The first-order valence-electron chi connectivity index (χ1n) is 7.97. The highest BCUT2D eigenvalue weighted by Crippen LogP contribution is 2.34. The summed E-state index contributed by atoms with van der Waals surface area (Å²) >= 11 is 0. The molecule has 0 aliphatic rings. The molecule has 0 N–H and O–H groups in total. The third-order valence-electron chi connectivity index (χ3n) is 4.48. The van der Waals surface area contributed by atoms with Gasteiger partial charge in [-0.2, -0.15) is 5.10 Å². The lowest BCUT2D eigenvalue weighted by Gasteiger charge is -2.18. The molecule has 0 saturated carbocycles. The van der Waals surface area contributed by atoms with Crippen LogP contribution < -0.4 is 0 Å². The van der Waals surface area contributed by atoms with E-state index in [-0.39, 0.29) is 11.5 Å². The van der Waals surface area contributed by atoms with Crippen molar-refractivity contribution in [3.05, 3.63) is 41.9 Å². The number of nitrogens with zero attached hydrogens (tertiary/aromatic N) is 3. The average molecular weight is 325 g/mol. The number of benzene rings is 1. The number of para-hydroxylation sites is 1. The van der Waals surface area contributed by atoms with E-state index in [9.17, 15) is 4.79 Å². The van der Waals surface area contributed by atoms with Gasteiger partial charge in [0.15, 0.2) is 0 Å². The molecular formula is C19H23N3O2. The fraction of sp³-hybridized carbons (Fsp3) is 0.368. The summed E-state index contributed by atoms with van der Waals surface area (Å²) in [5, 5.41) is 5.40. The summed E-state index contributed by atoms with van der Waals surface area (Å²) in [6, 6.07) is 6.00. The standard InChI is InChI=1S/C19H23N3O2/c1-12-16(18(23)24-6)15-9-7-8-14(17(15)21(12)5)13-10-20-22(11-13)19(2,3)4/h7-11H,1-6H3. The van der Waals surface area contributed by atoms with Gasteiger partial charge in [-0.25, -0.2) is 4.79 Å². The van der Waals surface area contributed by atoms with E-state index < -0.39 is 0 Å². The normalized spacial score (nSPS) is 11.9. The third-order valence-corrected chi connectivity index (χ3v) is 4.48. The van der Waals surface area contributed by atoms with Crippen LogP contribution in [0.1, 0.15) is 36.8 Å². The van der Waals surface area contributed by atoms with Gasteiger partial charge in [0.2, 0.25) is 0 Å². The van der Waals surface area contributed by atoms with Crippen LogP contribution in [-0.4, -0.2) is 27.4 Å². The quantitative estimate of drug-likeness (QED) is 0.672. The van der Waals surface area contributed by atoms with Gasteiger partial charge in [-0.15, -0.1) is 0 Å². The second-order valence-corrected chi connectivity index (χ2v) is 7.06. The van der Waals surface area contributed by atoms with Crippen molar-refractivity contribution >= 4 is 16.9 Å². The van der Waals surface area contributed by atoms with E-state index >= 15 is 0 Å². The number of methoxy groups -OCH3 is 1. The van der Waals surface area contributed by atoms with Gasteiger partial charge in [-0.1, -0.05) is 18.2 Å². The fourth-order valence-corrected chi connectivity index (χ4v) is 3.06. The number of hydrogen-bond donors (Lipinski definition) is 0. The maximum Gasteiger partial charge on any atom is 0.340 e. The lowest BCUT2D eigenvalue weighted by molar-refractivity contribution is 0.0602. The van der Waals surface area contributed by atoms with Crippen molar-refractivity contribution < 1.29 is 9.53 Å². The van der Waals surface area contributed by atoms with E-state index in [1.807, 2.05) is 41.5 Å². The summed E-state index contributed by atoms with van der Waals surface area (Å²) in [5.41, 5.74) is 4.56. The summed E-state index contributed by atoms with van der Waals surface area (Å²) < 4.78 is 8.97. The molecule has 0 fully saturated rings. The molecule has 1 aromatic carbocycles. The summed E-state index contributed by atoms with van der Waals surface area (Å²) in [4.78, 5) is 12.2. The first-order chi connectivity index (χ1) is 11.3. The highest BCUT2D eigenvalue weighted by molar-refractivity contribution is 6.09. The second-order valence-electron chi connectivity index (χ2n) is 7.06. The van der Waals surface area contributed by atoms with Crippen LogP contribution in [0.2, 0.25) is 0 Å². The Labute approximate surface area is 141 Å². The zero-order chi connectivity index (χ0) is 17.6. The number of ether oxygens (including phenoxy) is 1. The van der Waals surface area contributed by atoms with Gasteiger partial charge >= 0.3 is 5.97 Å². The van der Waals surface area contributed by atoms with Gasteiger partial charge in [-0.05, 0) is 27.7 Å². The number of aromatic nitrogens is 3. The maximum absolute atomic E-state index is 12.2. The Kier molecular flexibility index (Phi) is 3.74. The number of hydrogen-bond acceptors (Lipinski definition) is 3. The Balaban J connectivity index is 2.27. The first-order valence-corrected chi connectivity index (χ1v) is 7.97.